The number of nitrogens with zero attached hydrogens (tertiary/aromatic N) is 1. The van der Waals surface area contributed by atoms with Crippen LogP contribution in [-0.4, -0.2) is 22.1 Å². The third-order valence-corrected chi connectivity index (χ3v) is 3.59. The van der Waals surface area contributed by atoms with Gasteiger partial charge in [0, 0.05) is 12.1 Å². The van der Waals surface area contributed by atoms with Gasteiger partial charge in [0.05, 0.1) is 6.04 Å². The molecule has 1 saturated heterocycles. The third-order valence-electron chi connectivity index (χ3n) is 3.59. The number of benzene rings is 1. The molecule has 5 heteroatoms. The molecule has 0 spiro atoms. The van der Waals surface area contributed by atoms with Crippen LogP contribution in [0.15, 0.2) is 18.2 Å². The first-order valence-electron chi connectivity index (χ1n) is 5.53. The molecular weight excluding hydrogens is 228 g/mol. The van der Waals surface area contributed by atoms with Gasteiger partial charge in [-0.2, -0.15) is 0 Å². The van der Waals surface area contributed by atoms with E-state index in [4.69, 9.17) is 5.11 Å². The highest BCUT2D eigenvalue weighted by atomic mass is 19.1. The molecule has 2 fully saturated rings. The molecule has 3 rings (SSSR count). The topological polar surface area (TPSA) is 40.5 Å². The van der Waals surface area contributed by atoms with Gasteiger partial charge in [-0.05, 0) is 36.5 Å². The third kappa shape index (κ3) is 1.66. The zero-order valence-corrected chi connectivity index (χ0v) is 8.94. The Morgan fingerprint density at radius 2 is 1.88 bits per heavy atom. The van der Waals surface area contributed by atoms with E-state index in [2.05, 4.69) is 0 Å². The maximum absolute atomic E-state index is 13.1. The Bertz CT molecular complexity index is 471. The molecule has 1 aromatic carbocycles. The Morgan fingerprint density at radius 1 is 1.24 bits per heavy atom. The van der Waals surface area contributed by atoms with Crippen LogP contribution in [0.3, 0.4) is 0 Å². The van der Waals surface area contributed by atoms with Crippen molar-refractivity contribution in [2.75, 3.05) is 0 Å². The molecule has 1 N–H and O–H groups in total. The minimum absolute atomic E-state index is 0.0452. The van der Waals surface area contributed by atoms with E-state index in [1.54, 1.807) is 0 Å². The molecule has 1 heterocycles. The van der Waals surface area contributed by atoms with Gasteiger partial charge in [-0.3, -0.25) is 4.90 Å². The van der Waals surface area contributed by atoms with Crippen molar-refractivity contribution in [3.05, 3.63) is 35.4 Å². The van der Waals surface area contributed by atoms with E-state index in [-0.39, 0.29) is 6.04 Å². The smallest absolute Gasteiger partial charge is 0.408 e. The average molecular weight is 239 g/mol. The lowest BCUT2D eigenvalue weighted by Gasteiger charge is -2.25. The van der Waals surface area contributed by atoms with Crippen LogP contribution in [0.1, 0.15) is 24.4 Å². The number of likely N-dealkylation sites (tertiary alicyclic amines) is 1. The van der Waals surface area contributed by atoms with Crippen molar-refractivity contribution in [2.24, 2.45) is 5.92 Å². The van der Waals surface area contributed by atoms with Gasteiger partial charge in [-0.25, -0.2) is 13.6 Å². The van der Waals surface area contributed by atoms with Gasteiger partial charge in [0.15, 0.2) is 0 Å². The molecule has 0 bridgehead atoms. The Labute approximate surface area is 96.7 Å². The normalized spacial score (nSPS) is 30.2. The summed E-state index contributed by atoms with van der Waals surface area (Å²) in [6.07, 6.45) is 0.533. The molecule has 0 aromatic heterocycles. The van der Waals surface area contributed by atoms with E-state index in [0.29, 0.717) is 17.9 Å². The standard InChI is InChI=1S/C12H11F2NO2/c13-8-1-6(2-9(14)5-8)10-3-7-4-11(7)15(10)12(16)17/h1-2,5,7,10-11H,3-4H2,(H,16,17). The summed E-state index contributed by atoms with van der Waals surface area (Å²) in [5, 5.41) is 9.12. The molecule has 17 heavy (non-hydrogen) atoms. The van der Waals surface area contributed by atoms with Gasteiger partial charge in [0.25, 0.3) is 0 Å². The number of fused-ring (bicyclic) bond motifs is 1. The van der Waals surface area contributed by atoms with E-state index >= 15 is 0 Å². The summed E-state index contributed by atoms with van der Waals surface area (Å²) < 4.78 is 26.2. The lowest BCUT2D eigenvalue weighted by atomic mass is 10.0. The average Bonchev–Trinajstić information content (AvgIpc) is 2.87. The Morgan fingerprint density at radius 3 is 2.47 bits per heavy atom. The molecule has 3 atom stereocenters. The number of piperidine rings is 1. The van der Waals surface area contributed by atoms with Crippen LogP contribution in [0, 0.1) is 17.6 Å². The summed E-state index contributed by atoms with van der Waals surface area (Å²) in [5.74, 6) is -0.959. The molecule has 0 radical (unpaired) electrons. The molecule has 3 nitrogen and oxygen atoms in total. The van der Waals surface area contributed by atoms with Crippen LogP contribution < -0.4 is 0 Å². The predicted molar refractivity (Wildman–Crippen MR) is 55.5 cm³/mol. The van der Waals surface area contributed by atoms with E-state index in [0.717, 1.165) is 12.5 Å². The summed E-state index contributed by atoms with van der Waals surface area (Å²) in [5.41, 5.74) is 0.414. The lowest BCUT2D eigenvalue weighted by molar-refractivity contribution is 0.130. The van der Waals surface area contributed by atoms with Crippen molar-refractivity contribution in [2.45, 2.75) is 24.9 Å². The van der Waals surface area contributed by atoms with Crippen LogP contribution in [0.5, 0.6) is 0 Å². The van der Waals surface area contributed by atoms with Gasteiger partial charge in [-0.15, -0.1) is 0 Å². The highest BCUT2D eigenvalue weighted by Gasteiger charge is 2.54. The van der Waals surface area contributed by atoms with Crippen molar-refractivity contribution in [3.8, 4) is 0 Å². The summed E-state index contributed by atoms with van der Waals surface area (Å²) in [7, 11) is 0. The first-order chi connectivity index (χ1) is 8.06. The SMILES string of the molecule is O=C(O)N1C(c2cc(F)cc(F)c2)CC2CC21. The Hall–Kier alpha value is -1.65. The number of carbonyl (C=O) groups is 1. The maximum Gasteiger partial charge on any atom is 0.408 e. The summed E-state index contributed by atoms with van der Waals surface area (Å²) in [6, 6.07) is 2.87. The van der Waals surface area contributed by atoms with Gasteiger partial charge in [0.1, 0.15) is 11.6 Å². The van der Waals surface area contributed by atoms with E-state index < -0.39 is 23.8 Å². The number of hydrogen-bond acceptors (Lipinski definition) is 1. The zero-order chi connectivity index (χ0) is 12.2. The molecule has 1 saturated carbocycles. The van der Waals surface area contributed by atoms with Crippen LogP contribution in [-0.2, 0) is 0 Å². The van der Waals surface area contributed by atoms with Crippen molar-refractivity contribution in [1.29, 1.82) is 0 Å². The van der Waals surface area contributed by atoms with Crippen LogP contribution >= 0.6 is 0 Å². The molecule has 3 unspecified atom stereocenters. The lowest BCUT2D eigenvalue weighted by Crippen LogP contribution is -2.32. The molecule has 1 amide bonds. The summed E-state index contributed by atoms with van der Waals surface area (Å²) >= 11 is 0. The van der Waals surface area contributed by atoms with Gasteiger partial charge >= 0.3 is 6.09 Å². The first-order valence-corrected chi connectivity index (χ1v) is 5.53. The molecule has 1 aliphatic carbocycles. The van der Waals surface area contributed by atoms with Crippen molar-refractivity contribution < 1.29 is 18.7 Å². The minimum atomic E-state index is -1.01. The monoisotopic (exact) mass is 239 g/mol. The highest BCUT2D eigenvalue weighted by Crippen LogP contribution is 2.53. The number of hydrogen-bond donors (Lipinski definition) is 1. The maximum atomic E-state index is 13.1. The van der Waals surface area contributed by atoms with Gasteiger partial charge in [0.2, 0.25) is 0 Å². The molecule has 2 aliphatic rings. The van der Waals surface area contributed by atoms with E-state index in [9.17, 15) is 13.6 Å². The Balaban J connectivity index is 1.95. The zero-order valence-electron chi connectivity index (χ0n) is 8.94. The molecule has 1 aromatic rings. The van der Waals surface area contributed by atoms with Crippen LogP contribution in [0.4, 0.5) is 13.6 Å². The van der Waals surface area contributed by atoms with Crippen molar-refractivity contribution in [3.63, 3.8) is 0 Å². The Kier molecular flexibility index (Phi) is 2.11. The number of carboxylic acid groups (broad SMARTS) is 1. The second-order valence-corrected chi connectivity index (χ2v) is 4.71. The predicted octanol–water partition coefficient (Wildman–Crippen LogP) is 2.78. The van der Waals surface area contributed by atoms with E-state index in [1.165, 1.54) is 17.0 Å². The van der Waals surface area contributed by atoms with E-state index in [1.807, 2.05) is 0 Å². The number of rotatable bonds is 1. The second kappa shape index (κ2) is 3.42. The fourth-order valence-corrected chi connectivity index (χ4v) is 2.80. The molecule has 1 aliphatic heterocycles. The molecule has 90 valence electrons. The number of halogens is 2. The fourth-order valence-electron chi connectivity index (χ4n) is 2.80. The van der Waals surface area contributed by atoms with Gasteiger partial charge in [-0.1, -0.05) is 0 Å². The molecular formula is C12H11F2NO2. The first kappa shape index (κ1) is 10.5. The van der Waals surface area contributed by atoms with Gasteiger partial charge < -0.3 is 5.11 Å². The van der Waals surface area contributed by atoms with Crippen molar-refractivity contribution >= 4 is 6.09 Å². The van der Waals surface area contributed by atoms with Crippen LogP contribution in [0.2, 0.25) is 0 Å². The number of amides is 1. The summed E-state index contributed by atoms with van der Waals surface area (Å²) in [6.45, 7) is 0. The highest BCUT2D eigenvalue weighted by molar-refractivity contribution is 5.67. The fraction of sp³-hybridized carbons (Fsp3) is 0.417. The minimum Gasteiger partial charge on any atom is -0.465 e. The quantitative estimate of drug-likeness (QED) is 0.818. The second-order valence-electron chi connectivity index (χ2n) is 4.71. The van der Waals surface area contributed by atoms with Crippen molar-refractivity contribution in [1.82, 2.24) is 4.90 Å². The largest absolute Gasteiger partial charge is 0.465 e. The van der Waals surface area contributed by atoms with Crippen LogP contribution in [0.25, 0.3) is 0 Å². The summed E-state index contributed by atoms with van der Waals surface area (Å²) in [4.78, 5) is 12.5.